The zero-order chi connectivity index (χ0) is 14.5. The molecule has 108 valence electrons. The SMILES string of the molecule is CC1C(C)C2(CCN1C(=O)O)CC(=O)c1[nH]ncc1O2. The lowest BCUT2D eigenvalue weighted by Crippen LogP contribution is -2.61. The van der Waals surface area contributed by atoms with Crippen molar-refractivity contribution in [2.45, 2.75) is 38.3 Å². The molecule has 20 heavy (non-hydrogen) atoms. The Morgan fingerprint density at radius 1 is 1.60 bits per heavy atom. The maximum atomic E-state index is 12.2. The Kier molecular flexibility index (Phi) is 2.74. The second kappa shape index (κ2) is 4.22. The summed E-state index contributed by atoms with van der Waals surface area (Å²) in [6.45, 7) is 4.18. The number of nitrogens with zero attached hydrogens (tertiary/aromatic N) is 2. The summed E-state index contributed by atoms with van der Waals surface area (Å²) < 4.78 is 6.05. The van der Waals surface area contributed by atoms with Gasteiger partial charge in [-0.2, -0.15) is 5.10 Å². The van der Waals surface area contributed by atoms with E-state index in [1.807, 2.05) is 13.8 Å². The zero-order valence-electron chi connectivity index (χ0n) is 11.4. The number of aromatic nitrogens is 2. The number of piperidine rings is 1. The Balaban J connectivity index is 1.92. The number of carboxylic acid groups (broad SMARTS) is 1. The van der Waals surface area contributed by atoms with Crippen molar-refractivity contribution >= 4 is 11.9 Å². The van der Waals surface area contributed by atoms with Crippen LogP contribution in [0.1, 0.15) is 37.2 Å². The fourth-order valence-corrected chi connectivity index (χ4v) is 3.28. The van der Waals surface area contributed by atoms with Gasteiger partial charge in [0.05, 0.1) is 12.6 Å². The zero-order valence-corrected chi connectivity index (χ0v) is 11.4. The topological polar surface area (TPSA) is 95.5 Å². The average molecular weight is 279 g/mol. The number of nitrogens with one attached hydrogen (secondary N) is 1. The van der Waals surface area contributed by atoms with E-state index in [0.29, 0.717) is 24.4 Å². The lowest BCUT2D eigenvalue weighted by molar-refractivity contribution is -0.0674. The second-order valence-corrected chi connectivity index (χ2v) is 5.63. The van der Waals surface area contributed by atoms with Crippen molar-refractivity contribution in [1.82, 2.24) is 15.1 Å². The van der Waals surface area contributed by atoms with Gasteiger partial charge in [-0.3, -0.25) is 9.89 Å². The largest absolute Gasteiger partial charge is 0.482 e. The fourth-order valence-electron chi connectivity index (χ4n) is 3.28. The van der Waals surface area contributed by atoms with Crippen LogP contribution in [0.4, 0.5) is 4.79 Å². The number of Topliss-reactive ketones (excluding diaryl/α,β-unsaturated/α-hetero) is 1. The van der Waals surface area contributed by atoms with Gasteiger partial charge in [0.25, 0.3) is 0 Å². The number of amides is 1. The molecular formula is C13H17N3O4. The lowest BCUT2D eigenvalue weighted by Gasteiger charge is -2.50. The molecule has 3 atom stereocenters. The van der Waals surface area contributed by atoms with Crippen LogP contribution < -0.4 is 4.74 Å². The van der Waals surface area contributed by atoms with Crippen molar-refractivity contribution in [3.63, 3.8) is 0 Å². The monoisotopic (exact) mass is 279 g/mol. The number of aromatic amines is 1. The van der Waals surface area contributed by atoms with E-state index >= 15 is 0 Å². The maximum absolute atomic E-state index is 12.2. The average Bonchev–Trinajstić information content (AvgIpc) is 2.84. The van der Waals surface area contributed by atoms with Crippen LogP contribution in [-0.2, 0) is 0 Å². The molecule has 1 aromatic heterocycles. The minimum absolute atomic E-state index is 0.0217. The molecule has 7 nitrogen and oxygen atoms in total. The first-order valence-electron chi connectivity index (χ1n) is 6.70. The number of fused-ring (bicyclic) bond motifs is 1. The Labute approximate surface area is 115 Å². The molecule has 1 amide bonds. The van der Waals surface area contributed by atoms with E-state index in [1.54, 1.807) is 0 Å². The van der Waals surface area contributed by atoms with E-state index in [1.165, 1.54) is 11.1 Å². The van der Waals surface area contributed by atoms with Crippen LogP contribution in [0.5, 0.6) is 5.75 Å². The van der Waals surface area contributed by atoms with Crippen LogP contribution in [0.3, 0.4) is 0 Å². The summed E-state index contributed by atoms with van der Waals surface area (Å²) in [4.78, 5) is 24.8. The predicted octanol–water partition coefficient (Wildman–Crippen LogP) is 1.52. The van der Waals surface area contributed by atoms with Gasteiger partial charge in [0.15, 0.2) is 11.5 Å². The molecule has 1 fully saturated rings. The molecule has 3 heterocycles. The van der Waals surface area contributed by atoms with Crippen LogP contribution in [0.15, 0.2) is 6.20 Å². The Morgan fingerprint density at radius 3 is 3.05 bits per heavy atom. The van der Waals surface area contributed by atoms with Gasteiger partial charge in [-0.05, 0) is 6.92 Å². The molecule has 1 saturated heterocycles. The molecule has 1 spiro atoms. The molecule has 0 aromatic carbocycles. The number of hydrogen-bond donors (Lipinski definition) is 2. The quantitative estimate of drug-likeness (QED) is 0.750. The third-order valence-electron chi connectivity index (χ3n) is 4.72. The number of likely N-dealkylation sites (tertiary alicyclic amines) is 1. The summed E-state index contributed by atoms with van der Waals surface area (Å²) in [5.74, 6) is 0.384. The van der Waals surface area contributed by atoms with Crippen molar-refractivity contribution in [2.24, 2.45) is 5.92 Å². The number of ketones is 1. The molecule has 2 aliphatic rings. The first-order chi connectivity index (χ1) is 9.44. The number of hydrogen-bond acceptors (Lipinski definition) is 4. The standard InChI is InChI=1S/C13H17N3O4/c1-7-8(2)16(12(18)19)4-3-13(7)5-9(17)11-10(20-13)6-14-15-11/h6-8H,3-5H2,1-2H3,(H,14,15)(H,18,19). The van der Waals surface area contributed by atoms with Crippen molar-refractivity contribution in [1.29, 1.82) is 0 Å². The minimum Gasteiger partial charge on any atom is -0.482 e. The van der Waals surface area contributed by atoms with Gasteiger partial charge in [-0.25, -0.2) is 4.79 Å². The summed E-state index contributed by atoms with van der Waals surface area (Å²) >= 11 is 0. The van der Waals surface area contributed by atoms with Gasteiger partial charge in [-0.15, -0.1) is 0 Å². The van der Waals surface area contributed by atoms with Crippen LogP contribution in [0.2, 0.25) is 0 Å². The van der Waals surface area contributed by atoms with E-state index in [2.05, 4.69) is 10.2 Å². The first-order valence-corrected chi connectivity index (χ1v) is 6.70. The number of ether oxygens (including phenoxy) is 1. The van der Waals surface area contributed by atoms with E-state index in [4.69, 9.17) is 4.74 Å². The summed E-state index contributed by atoms with van der Waals surface area (Å²) in [7, 11) is 0. The molecule has 1 aromatic rings. The summed E-state index contributed by atoms with van der Waals surface area (Å²) in [5.41, 5.74) is -0.213. The Hall–Kier alpha value is -2.05. The first kappa shape index (κ1) is 13.0. The number of carbonyl (C=O) groups excluding carboxylic acids is 1. The highest BCUT2D eigenvalue weighted by molar-refractivity contribution is 5.98. The third-order valence-corrected chi connectivity index (χ3v) is 4.72. The predicted molar refractivity (Wildman–Crippen MR) is 68.9 cm³/mol. The fraction of sp³-hybridized carbons (Fsp3) is 0.615. The highest BCUT2D eigenvalue weighted by Gasteiger charge is 2.51. The molecule has 0 bridgehead atoms. The molecule has 3 rings (SSSR count). The lowest BCUT2D eigenvalue weighted by atomic mass is 9.73. The van der Waals surface area contributed by atoms with Crippen molar-refractivity contribution in [2.75, 3.05) is 6.54 Å². The van der Waals surface area contributed by atoms with Gasteiger partial charge in [0.1, 0.15) is 11.3 Å². The van der Waals surface area contributed by atoms with Crippen molar-refractivity contribution in [3.8, 4) is 5.75 Å². The van der Waals surface area contributed by atoms with E-state index in [-0.39, 0.29) is 24.2 Å². The molecule has 7 heteroatoms. The maximum Gasteiger partial charge on any atom is 0.407 e. The van der Waals surface area contributed by atoms with E-state index in [9.17, 15) is 14.7 Å². The molecular weight excluding hydrogens is 262 g/mol. The Morgan fingerprint density at radius 2 is 2.35 bits per heavy atom. The molecule has 2 aliphatic heterocycles. The number of H-pyrrole nitrogens is 1. The molecule has 0 saturated carbocycles. The van der Waals surface area contributed by atoms with E-state index < -0.39 is 11.7 Å². The molecule has 0 radical (unpaired) electrons. The molecule has 0 aliphatic carbocycles. The highest BCUT2D eigenvalue weighted by atomic mass is 16.5. The summed E-state index contributed by atoms with van der Waals surface area (Å²) in [6.07, 6.45) is 1.36. The van der Waals surface area contributed by atoms with E-state index in [0.717, 1.165) is 0 Å². The second-order valence-electron chi connectivity index (χ2n) is 5.63. The van der Waals surface area contributed by atoms with Crippen LogP contribution in [-0.4, -0.2) is 50.3 Å². The van der Waals surface area contributed by atoms with Gasteiger partial charge in [0, 0.05) is 24.9 Å². The molecule has 2 N–H and O–H groups in total. The highest BCUT2D eigenvalue weighted by Crippen LogP contribution is 2.43. The van der Waals surface area contributed by atoms with Crippen molar-refractivity contribution < 1.29 is 19.4 Å². The van der Waals surface area contributed by atoms with Crippen LogP contribution in [0.25, 0.3) is 0 Å². The van der Waals surface area contributed by atoms with Crippen LogP contribution in [0, 0.1) is 5.92 Å². The van der Waals surface area contributed by atoms with Gasteiger partial charge >= 0.3 is 6.09 Å². The molecule has 3 unspecified atom stereocenters. The van der Waals surface area contributed by atoms with Gasteiger partial charge in [-0.1, -0.05) is 6.92 Å². The Bertz CT molecular complexity index is 570. The van der Waals surface area contributed by atoms with Gasteiger partial charge in [0.2, 0.25) is 0 Å². The smallest absolute Gasteiger partial charge is 0.407 e. The number of carbonyl (C=O) groups is 2. The van der Waals surface area contributed by atoms with Crippen LogP contribution >= 0.6 is 0 Å². The summed E-state index contributed by atoms with van der Waals surface area (Å²) in [5, 5.41) is 15.7. The summed E-state index contributed by atoms with van der Waals surface area (Å²) in [6, 6.07) is -0.192. The van der Waals surface area contributed by atoms with Gasteiger partial charge < -0.3 is 14.7 Å². The number of rotatable bonds is 0. The normalized spacial score (nSPS) is 32.9. The van der Waals surface area contributed by atoms with Crippen molar-refractivity contribution in [3.05, 3.63) is 11.9 Å². The minimum atomic E-state index is -0.926. The third kappa shape index (κ3) is 1.69.